The monoisotopic (exact) mass is 455 g/mol. The number of methoxy groups -OCH3 is 1. The number of carbonyl (C=O) groups excluding carboxylic acids is 2. The molecule has 0 aliphatic heterocycles. The fourth-order valence-corrected chi connectivity index (χ4v) is 4.77. The summed E-state index contributed by atoms with van der Waals surface area (Å²) in [5.74, 6) is 6.60. The molecule has 0 radical (unpaired) electrons. The van der Waals surface area contributed by atoms with E-state index >= 15 is 0 Å². The van der Waals surface area contributed by atoms with Gasteiger partial charge in [-0.25, -0.2) is 9.78 Å². The van der Waals surface area contributed by atoms with Crippen molar-refractivity contribution in [1.82, 2.24) is 9.55 Å². The molecule has 0 N–H and O–H groups in total. The molecule has 172 valence electrons. The highest BCUT2D eigenvalue weighted by molar-refractivity contribution is 7.15. The van der Waals surface area contributed by atoms with Crippen LogP contribution in [-0.4, -0.2) is 28.5 Å². The summed E-state index contributed by atoms with van der Waals surface area (Å²) >= 11 is 1.28. The molecule has 7 heteroatoms. The number of ether oxygens (including phenoxy) is 1. The molecule has 32 heavy (non-hydrogen) atoms. The number of amides is 1. The van der Waals surface area contributed by atoms with Gasteiger partial charge in [-0.05, 0) is 58.4 Å². The standard InChI is InChI=1S/C25H33N3O3S/c1-17-7-9-18(10-8-17)23(29)28(15-19-14-26-16-27(19)5)21-13-20(11-12-25(2,3)4)32-22(21)24(30)31-6/h13-14,16-18H,7-10,15H2,1-6H3/t17-,18-. The van der Waals surface area contributed by atoms with E-state index in [9.17, 15) is 9.59 Å². The number of nitrogens with zero attached hydrogens (tertiary/aromatic N) is 3. The third kappa shape index (κ3) is 5.80. The van der Waals surface area contributed by atoms with Crippen molar-refractivity contribution in [2.75, 3.05) is 12.0 Å². The second-order valence-corrected chi connectivity index (χ2v) is 10.7. The fourth-order valence-electron chi connectivity index (χ4n) is 3.84. The van der Waals surface area contributed by atoms with E-state index in [1.54, 1.807) is 17.4 Å². The summed E-state index contributed by atoms with van der Waals surface area (Å²) in [6.07, 6.45) is 7.31. The lowest BCUT2D eigenvalue weighted by molar-refractivity contribution is -0.123. The highest BCUT2D eigenvalue weighted by Crippen LogP contribution is 2.36. The summed E-state index contributed by atoms with van der Waals surface area (Å²) in [7, 11) is 3.27. The number of carbonyl (C=O) groups is 2. The Kier molecular flexibility index (Phi) is 7.45. The molecule has 1 saturated carbocycles. The van der Waals surface area contributed by atoms with Crippen molar-refractivity contribution in [3.05, 3.63) is 34.0 Å². The average Bonchev–Trinajstić information content (AvgIpc) is 3.35. The van der Waals surface area contributed by atoms with Gasteiger partial charge in [0, 0.05) is 24.6 Å². The fraction of sp³-hybridized carbons (Fsp3) is 0.560. The molecule has 0 atom stereocenters. The number of aryl methyl sites for hydroxylation is 1. The molecule has 1 fully saturated rings. The van der Waals surface area contributed by atoms with Crippen molar-refractivity contribution in [2.45, 2.75) is 59.9 Å². The van der Waals surface area contributed by atoms with Crippen LogP contribution in [0.3, 0.4) is 0 Å². The van der Waals surface area contributed by atoms with Gasteiger partial charge in [-0.1, -0.05) is 18.8 Å². The van der Waals surface area contributed by atoms with Crippen LogP contribution in [0.1, 0.15) is 73.6 Å². The Morgan fingerprint density at radius 1 is 1.28 bits per heavy atom. The van der Waals surface area contributed by atoms with Crippen LogP contribution in [0.4, 0.5) is 5.69 Å². The second kappa shape index (κ2) is 9.91. The molecule has 2 heterocycles. The van der Waals surface area contributed by atoms with Gasteiger partial charge < -0.3 is 14.2 Å². The Labute approximate surface area is 195 Å². The summed E-state index contributed by atoms with van der Waals surface area (Å²) in [5.41, 5.74) is 1.30. The van der Waals surface area contributed by atoms with Gasteiger partial charge in [0.1, 0.15) is 4.88 Å². The lowest BCUT2D eigenvalue weighted by Crippen LogP contribution is -2.38. The van der Waals surface area contributed by atoms with Crippen molar-refractivity contribution in [3.63, 3.8) is 0 Å². The Hall–Kier alpha value is -2.59. The van der Waals surface area contributed by atoms with Crippen molar-refractivity contribution in [3.8, 4) is 11.8 Å². The predicted molar refractivity (Wildman–Crippen MR) is 128 cm³/mol. The molecule has 1 aliphatic carbocycles. The van der Waals surface area contributed by atoms with E-state index in [1.807, 2.05) is 38.5 Å². The number of imidazole rings is 1. The third-order valence-corrected chi connectivity index (χ3v) is 6.82. The normalized spacial score (nSPS) is 18.6. The quantitative estimate of drug-likeness (QED) is 0.469. The maximum Gasteiger partial charge on any atom is 0.350 e. The Morgan fingerprint density at radius 2 is 1.97 bits per heavy atom. The Bertz CT molecular complexity index is 1030. The molecule has 0 unspecified atom stereocenters. The van der Waals surface area contributed by atoms with Gasteiger partial charge in [-0.15, -0.1) is 11.3 Å². The number of esters is 1. The second-order valence-electron chi connectivity index (χ2n) is 9.69. The zero-order valence-electron chi connectivity index (χ0n) is 19.9. The van der Waals surface area contributed by atoms with Crippen molar-refractivity contribution in [1.29, 1.82) is 0 Å². The molecule has 1 amide bonds. The average molecular weight is 456 g/mol. The lowest BCUT2D eigenvalue weighted by atomic mass is 9.82. The van der Waals surface area contributed by atoms with Gasteiger partial charge in [-0.2, -0.15) is 0 Å². The van der Waals surface area contributed by atoms with E-state index in [4.69, 9.17) is 4.74 Å². The van der Waals surface area contributed by atoms with E-state index in [-0.39, 0.29) is 17.2 Å². The van der Waals surface area contributed by atoms with Gasteiger partial charge in [0.05, 0.1) is 36.2 Å². The van der Waals surface area contributed by atoms with Gasteiger partial charge in [0.2, 0.25) is 5.91 Å². The number of thiophene rings is 1. The van der Waals surface area contributed by atoms with Gasteiger partial charge >= 0.3 is 5.97 Å². The minimum Gasteiger partial charge on any atom is -0.465 e. The molecular weight excluding hydrogens is 422 g/mol. The van der Waals surface area contributed by atoms with E-state index in [2.05, 4.69) is 23.7 Å². The topological polar surface area (TPSA) is 64.4 Å². The number of hydrogen-bond donors (Lipinski definition) is 0. The van der Waals surface area contributed by atoms with E-state index < -0.39 is 5.97 Å². The first-order chi connectivity index (χ1) is 15.1. The van der Waals surface area contributed by atoms with E-state index in [0.717, 1.165) is 36.3 Å². The summed E-state index contributed by atoms with van der Waals surface area (Å²) in [6, 6.07) is 1.86. The first-order valence-electron chi connectivity index (χ1n) is 11.1. The molecule has 6 nitrogen and oxygen atoms in total. The summed E-state index contributed by atoms with van der Waals surface area (Å²) in [6.45, 7) is 8.70. The molecule has 1 aliphatic rings. The Balaban J connectivity index is 2.04. The largest absolute Gasteiger partial charge is 0.465 e. The number of hydrogen-bond acceptors (Lipinski definition) is 5. The predicted octanol–water partition coefficient (Wildman–Crippen LogP) is 5.03. The number of aromatic nitrogens is 2. The van der Waals surface area contributed by atoms with Crippen LogP contribution in [0, 0.1) is 29.1 Å². The summed E-state index contributed by atoms with van der Waals surface area (Å²) in [5, 5.41) is 0. The van der Waals surface area contributed by atoms with E-state index in [0.29, 0.717) is 23.0 Å². The smallest absolute Gasteiger partial charge is 0.350 e. The van der Waals surface area contributed by atoms with Crippen molar-refractivity contribution in [2.24, 2.45) is 24.3 Å². The lowest BCUT2D eigenvalue weighted by Gasteiger charge is -2.31. The summed E-state index contributed by atoms with van der Waals surface area (Å²) in [4.78, 5) is 33.5. The van der Waals surface area contributed by atoms with Crippen LogP contribution < -0.4 is 4.90 Å². The third-order valence-electron chi connectivity index (χ3n) is 5.80. The van der Waals surface area contributed by atoms with E-state index in [1.165, 1.54) is 18.4 Å². The molecule has 0 aromatic carbocycles. The SMILES string of the molecule is COC(=O)c1sc(C#CC(C)(C)C)cc1N(Cc1cncn1C)C(=O)[C@H]1CC[C@H](C)CC1. The zero-order chi connectivity index (χ0) is 23.5. The molecule has 0 bridgehead atoms. The van der Waals surface area contributed by atoms with Gasteiger partial charge in [-0.3, -0.25) is 4.79 Å². The molecule has 0 saturated heterocycles. The number of rotatable bonds is 5. The zero-order valence-corrected chi connectivity index (χ0v) is 20.7. The van der Waals surface area contributed by atoms with Crippen LogP contribution in [0.5, 0.6) is 0 Å². The molecule has 3 rings (SSSR count). The summed E-state index contributed by atoms with van der Waals surface area (Å²) < 4.78 is 6.95. The van der Waals surface area contributed by atoms with Crippen LogP contribution in [0.25, 0.3) is 0 Å². The minimum absolute atomic E-state index is 0.0473. The highest BCUT2D eigenvalue weighted by atomic mass is 32.1. The minimum atomic E-state index is -0.450. The van der Waals surface area contributed by atoms with Crippen LogP contribution in [0.2, 0.25) is 0 Å². The van der Waals surface area contributed by atoms with Crippen molar-refractivity contribution >= 4 is 28.9 Å². The molecule has 2 aromatic rings. The number of anilines is 1. The van der Waals surface area contributed by atoms with Crippen molar-refractivity contribution < 1.29 is 14.3 Å². The first kappa shape index (κ1) is 24.1. The maximum atomic E-state index is 13.7. The Morgan fingerprint density at radius 3 is 2.53 bits per heavy atom. The first-order valence-corrected chi connectivity index (χ1v) is 11.9. The van der Waals surface area contributed by atoms with Crippen LogP contribution in [0.15, 0.2) is 18.6 Å². The van der Waals surface area contributed by atoms with Crippen LogP contribution in [-0.2, 0) is 23.1 Å². The van der Waals surface area contributed by atoms with Gasteiger partial charge in [0.25, 0.3) is 0 Å². The molecule has 0 spiro atoms. The molecular formula is C25H33N3O3S. The van der Waals surface area contributed by atoms with Crippen LogP contribution >= 0.6 is 11.3 Å². The molecule has 2 aromatic heterocycles. The van der Waals surface area contributed by atoms with Gasteiger partial charge in [0.15, 0.2) is 0 Å². The maximum absolute atomic E-state index is 13.7. The highest BCUT2D eigenvalue weighted by Gasteiger charge is 2.32.